The monoisotopic (exact) mass is 285 g/mol. The first-order valence-electron chi connectivity index (χ1n) is 8.00. The maximum absolute atomic E-state index is 12.5. The number of aryl methyl sites for hydroxylation is 1. The molecule has 1 fully saturated rings. The standard InChI is InChI=1S/C17H23N3O/c1-2-20-15-10-6-5-8-13(15)19-17(20)12-16(21)14-9-4-3-7-11-18-14/h5-6,8,10,14,18H,2-4,7,9,11-12H2,1H3. The van der Waals surface area contributed by atoms with Crippen LogP contribution in [0.15, 0.2) is 24.3 Å². The molecular formula is C17H23N3O. The van der Waals surface area contributed by atoms with E-state index in [0.717, 1.165) is 42.8 Å². The summed E-state index contributed by atoms with van der Waals surface area (Å²) in [6, 6.07) is 8.11. The van der Waals surface area contributed by atoms with Crippen molar-refractivity contribution < 1.29 is 4.79 Å². The molecular weight excluding hydrogens is 262 g/mol. The summed E-state index contributed by atoms with van der Waals surface area (Å²) in [6.07, 6.45) is 4.94. The molecule has 4 nitrogen and oxygen atoms in total. The van der Waals surface area contributed by atoms with Gasteiger partial charge in [-0.3, -0.25) is 4.79 Å². The first-order valence-corrected chi connectivity index (χ1v) is 8.00. The van der Waals surface area contributed by atoms with Crippen LogP contribution in [0.1, 0.15) is 38.4 Å². The fourth-order valence-electron chi connectivity index (χ4n) is 3.20. The van der Waals surface area contributed by atoms with E-state index in [1.807, 2.05) is 18.2 Å². The van der Waals surface area contributed by atoms with Gasteiger partial charge in [-0.05, 0) is 38.4 Å². The van der Waals surface area contributed by atoms with E-state index >= 15 is 0 Å². The minimum Gasteiger partial charge on any atom is -0.328 e. The Morgan fingerprint density at radius 1 is 1.33 bits per heavy atom. The highest BCUT2D eigenvalue weighted by molar-refractivity contribution is 5.86. The second-order valence-corrected chi connectivity index (χ2v) is 5.76. The minimum atomic E-state index is 0.0117. The number of benzene rings is 1. The van der Waals surface area contributed by atoms with Crippen molar-refractivity contribution in [3.8, 4) is 0 Å². The third kappa shape index (κ3) is 3.00. The highest BCUT2D eigenvalue weighted by Crippen LogP contribution is 2.18. The predicted octanol–water partition coefficient (Wildman–Crippen LogP) is 2.70. The number of nitrogens with one attached hydrogen (secondary N) is 1. The van der Waals surface area contributed by atoms with Crippen LogP contribution in [0.25, 0.3) is 11.0 Å². The molecule has 112 valence electrons. The fraction of sp³-hybridized carbons (Fsp3) is 0.529. The highest BCUT2D eigenvalue weighted by Gasteiger charge is 2.22. The Morgan fingerprint density at radius 2 is 2.19 bits per heavy atom. The molecule has 0 bridgehead atoms. The topological polar surface area (TPSA) is 46.9 Å². The van der Waals surface area contributed by atoms with E-state index in [0.29, 0.717) is 6.42 Å². The van der Waals surface area contributed by atoms with Crippen molar-refractivity contribution in [2.45, 2.75) is 51.6 Å². The summed E-state index contributed by atoms with van der Waals surface area (Å²) >= 11 is 0. The van der Waals surface area contributed by atoms with Crippen LogP contribution >= 0.6 is 0 Å². The number of nitrogens with zero attached hydrogens (tertiary/aromatic N) is 2. The number of carbonyl (C=O) groups is 1. The summed E-state index contributed by atoms with van der Waals surface area (Å²) in [5.74, 6) is 1.18. The van der Waals surface area contributed by atoms with E-state index in [2.05, 4.69) is 27.9 Å². The summed E-state index contributed by atoms with van der Waals surface area (Å²) in [4.78, 5) is 17.2. The maximum Gasteiger partial charge on any atom is 0.157 e. The summed E-state index contributed by atoms with van der Waals surface area (Å²) in [7, 11) is 0. The zero-order chi connectivity index (χ0) is 14.7. The van der Waals surface area contributed by atoms with E-state index < -0.39 is 0 Å². The number of aromatic nitrogens is 2. The summed E-state index contributed by atoms with van der Waals surface area (Å²) < 4.78 is 2.16. The normalized spacial score (nSPS) is 19.6. The molecule has 4 heteroatoms. The lowest BCUT2D eigenvalue weighted by atomic mass is 10.0. The van der Waals surface area contributed by atoms with Crippen LogP contribution in [-0.2, 0) is 17.8 Å². The van der Waals surface area contributed by atoms with Gasteiger partial charge in [0, 0.05) is 6.54 Å². The SMILES string of the molecule is CCn1c(CC(=O)C2CCCCCN2)nc2ccccc21. The number of fused-ring (bicyclic) bond motifs is 1. The number of hydrogen-bond acceptors (Lipinski definition) is 3. The Balaban J connectivity index is 1.82. The largest absolute Gasteiger partial charge is 0.328 e. The first-order chi connectivity index (χ1) is 10.3. The number of imidazole rings is 1. The molecule has 1 N–H and O–H groups in total. The summed E-state index contributed by atoms with van der Waals surface area (Å²) in [6.45, 7) is 3.91. The number of hydrogen-bond donors (Lipinski definition) is 1. The first kappa shape index (κ1) is 14.3. The van der Waals surface area contributed by atoms with Gasteiger partial charge in [0.2, 0.25) is 0 Å². The third-order valence-electron chi connectivity index (χ3n) is 4.33. The lowest BCUT2D eigenvalue weighted by molar-refractivity contribution is -0.120. The van der Waals surface area contributed by atoms with Crippen LogP contribution in [0, 0.1) is 0 Å². The second kappa shape index (κ2) is 6.39. The zero-order valence-corrected chi connectivity index (χ0v) is 12.6. The van der Waals surface area contributed by atoms with E-state index in [4.69, 9.17) is 0 Å². The van der Waals surface area contributed by atoms with E-state index in [-0.39, 0.29) is 11.8 Å². The minimum absolute atomic E-state index is 0.0117. The van der Waals surface area contributed by atoms with Gasteiger partial charge in [0.25, 0.3) is 0 Å². The van der Waals surface area contributed by atoms with E-state index in [9.17, 15) is 4.79 Å². The van der Waals surface area contributed by atoms with Gasteiger partial charge in [-0.1, -0.05) is 25.0 Å². The Bertz CT molecular complexity index is 624. The Hall–Kier alpha value is -1.68. The van der Waals surface area contributed by atoms with Crippen LogP contribution in [0.3, 0.4) is 0 Å². The van der Waals surface area contributed by atoms with Gasteiger partial charge in [-0.2, -0.15) is 0 Å². The smallest absolute Gasteiger partial charge is 0.157 e. The quantitative estimate of drug-likeness (QED) is 0.939. The van der Waals surface area contributed by atoms with E-state index in [1.165, 1.54) is 12.8 Å². The molecule has 1 aromatic carbocycles. The third-order valence-corrected chi connectivity index (χ3v) is 4.33. The van der Waals surface area contributed by atoms with Gasteiger partial charge in [-0.15, -0.1) is 0 Å². The fourth-order valence-corrected chi connectivity index (χ4v) is 3.20. The molecule has 0 aliphatic carbocycles. The average Bonchev–Trinajstić information content (AvgIpc) is 2.67. The number of rotatable bonds is 4. The number of ketones is 1. The average molecular weight is 285 g/mol. The maximum atomic E-state index is 12.5. The molecule has 1 atom stereocenters. The van der Waals surface area contributed by atoms with Crippen LogP contribution in [-0.4, -0.2) is 27.9 Å². The molecule has 1 aromatic heterocycles. The van der Waals surface area contributed by atoms with Gasteiger partial charge in [-0.25, -0.2) is 4.98 Å². The van der Waals surface area contributed by atoms with E-state index in [1.54, 1.807) is 0 Å². The van der Waals surface area contributed by atoms with Crippen molar-refractivity contribution in [2.75, 3.05) is 6.54 Å². The molecule has 0 spiro atoms. The molecule has 0 radical (unpaired) electrons. The molecule has 1 unspecified atom stereocenters. The molecule has 2 aromatic rings. The van der Waals surface area contributed by atoms with Gasteiger partial charge in [0.1, 0.15) is 5.82 Å². The van der Waals surface area contributed by atoms with Crippen LogP contribution < -0.4 is 5.32 Å². The predicted molar refractivity (Wildman–Crippen MR) is 84.4 cm³/mol. The number of carbonyl (C=O) groups excluding carboxylic acids is 1. The molecule has 3 rings (SSSR count). The highest BCUT2D eigenvalue weighted by atomic mass is 16.1. The number of Topliss-reactive ketones (excluding diaryl/α,β-unsaturated/α-hetero) is 1. The molecule has 21 heavy (non-hydrogen) atoms. The van der Waals surface area contributed by atoms with Gasteiger partial charge in [0.15, 0.2) is 5.78 Å². The Labute approximate surface area is 125 Å². The van der Waals surface area contributed by atoms with Crippen molar-refractivity contribution in [1.29, 1.82) is 0 Å². The molecule has 1 saturated heterocycles. The van der Waals surface area contributed by atoms with Crippen LogP contribution in [0.4, 0.5) is 0 Å². The molecule has 0 amide bonds. The number of para-hydroxylation sites is 2. The molecule has 1 aliphatic rings. The van der Waals surface area contributed by atoms with Crippen molar-refractivity contribution >= 4 is 16.8 Å². The zero-order valence-electron chi connectivity index (χ0n) is 12.6. The summed E-state index contributed by atoms with van der Waals surface area (Å²) in [5, 5.41) is 3.39. The lowest BCUT2D eigenvalue weighted by Crippen LogP contribution is -2.37. The lowest BCUT2D eigenvalue weighted by Gasteiger charge is -2.14. The van der Waals surface area contributed by atoms with Crippen LogP contribution in [0.5, 0.6) is 0 Å². The van der Waals surface area contributed by atoms with Crippen LogP contribution in [0.2, 0.25) is 0 Å². The Kier molecular flexibility index (Phi) is 4.34. The van der Waals surface area contributed by atoms with Gasteiger partial charge >= 0.3 is 0 Å². The molecule has 2 heterocycles. The molecule has 0 saturated carbocycles. The van der Waals surface area contributed by atoms with Crippen molar-refractivity contribution in [3.05, 3.63) is 30.1 Å². The van der Waals surface area contributed by atoms with Gasteiger partial charge < -0.3 is 9.88 Å². The second-order valence-electron chi connectivity index (χ2n) is 5.76. The summed E-state index contributed by atoms with van der Waals surface area (Å²) in [5.41, 5.74) is 2.10. The van der Waals surface area contributed by atoms with Crippen molar-refractivity contribution in [1.82, 2.24) is 14.9 Å². The Morgan fingerprint density at radius 3 is 3.05 bits per heavy atom. The van der Waals surface area contributed by atoms with Crippen molar-refractivity contribution in [3.63, 3.8) is 0 Å². The van der Waals surface area contributed by atoms with Crippen molar-refractivity contribution in [2.24, 2.45) is 0 Å². The molecule has 1 aliphatic heterocycles. The van der Waals surface area contributed by atoms with Gasteiger partial charge in [0.05, 0.1) is 23.5 Å².